The Kier molecular flexibility index (Phi) is 7.13. The van der Waals surface area contributed by atoms with Gasteiger partial charge < -0.3 is 29.9 Å². The molecule has 4 aliphatic heterocycles. The summed E-state index contributed by atoms with van der Waals surface area (Å²) in [5, 5.41) is 10.7. The second kappa shape index (κ2) is 11.1. The monoisotopic (exact) mass is 651 g/mol. The van der Waals surface area contributed by atoms with Gasteiger partial charge in [0.15, 0.2) is 11.6 Å². The van der Waals surface area contributed by atoms with Crippen molar-refractivity contribution in [3.05, 3.63) is 34.4 Å². The number of fused-ring (bicyclic) bond motifs is 5. The maximum absolute atomic E-state index is 17.1. The fourth-order valence-corrected chi connectivity index (χ4v) is 8.72. The Morgan fingerprint density at radius 2 is 2.00 bits per heavy atom. The second-order valence-corrected chi connectivity index (χ2v) is 13.9. The summed E-state index contributed by atoms with van der Waals surface area (Å²) in [6.07, 6.45) is 4.61. The van der Waals surface area contributed by atoms with Crippen LogP contribution in [0.5, 0.6) is 11.8 Å². The van der Waals surface area contributed by atoms with Crippen LogP contribution in [0.4, 0.5) is 19.6 Å². The second-order valence-electron chi connectivity index (χ2n) is 12.5. The Hall–Kier alpha value is -3.50. The van der Waals surface area contributed by atoms with Crippen LogP contribution in [0.2, 0.25) is 5.02 Å². The van der Waals surface area contributed by atoms with Gasteiger partial charge in [-0.1, -0.05) is 17.7 Å². The standard InChI is InChI=1S/C32H32ClF2N7O2S/c1-40-9-6-16(40)13-18-3-2-8-41-10-7-17(15-41)42-11-12-43-28-24-27(38-32(44-18)39-31(24)42)26(35)23(25(28)33)19-4-5-21(34)29-22(19)20(14-36)30(37)45-29/h4-5,16-18H,2-3,6-13,15,37H2,1H3. The Labute approximate surface area is 268 Å². The third-order valence-electron chi connectivity index (χ3n) is 9.93. The Morgan fingerprint density at radius 1 is 1.13 bits per heavy atom. The highest BCUT2D eigenvalue weighted by molar-refractivity contribution is 7.23. The minimum atomic E-state index is -0.713. The summed E-state index contributed by atoms with van der Waals surface area (Å²) < 4.78 is 45.1. The van der Waals surface area contributed by atoms with Crippen LogP contribution < -0.4 is 20.1 Å². The van der Waals surface area contributed by atoms with Gasteiger partial charge >= 0.3 is 6.01 Å². The maximum Gasteiger partial charge on any atom is 0.319 e. The molecule has 0 spiro atoms. The van der Waals surface area contributed by atoms with Gasteiger partial charge in [0, 0.05) is 36.1 Å². The highest BCUT2D eigenvalue weighted by Gasteiger charge is 2.37. The zero-order valence-corrected chi connectivity index (χ0v) is 26.4. The molecule has 2 aromatic heterocycles. The van der Waals surface area contributed by atoms with E-state index in [1.165, 1.54) is 12.1 Å². The van der Waals surface area contributed by atoms with Crippen LogP contribution in [-0.4, -0.2) is 84.3 Å². The molecule has 9 nitrogen and oxygen atoms in total. The van der Waals surface area contributed by atoms with E-state index in [0.29, 0.717) is 30.4 Å². The maximum atomic E-state index is 17.1. The molecule has 0 saturated carbocycles. The summed E-state index contributed by atoms with van der Waals surface area (Å²) in [5.74, 6) is -0.455. The topological polar surface area (TPSA) is 104 Å². The number of benzene rings is 2. The zero-order chi connectivity index (χ0) is 31.0. The van der Waals surface area contributed by atoms with Crippen molar-refractivity contribution < 1.29 is 18.3 Å². The Balaban J connectivity index is 1.36. The molecular formula is C32H32ClF2N7O2S. The molecule has 4 bridgehead atoms. The van der Waals surface area contributed by atoms with Crippen molar-refractivity contribution in [1.29, 1.82) is 5.26 Å². The number of anilines is 2. The molecule has 2 saturated heterocycles. The van der Waals surface area contributed by atoms with Crippen molar-refractivity contribution in [3.8, 4) is 29.0 Å². The third kappa shape index (κ3) is 4.66. The summed E-state index contributed by atoms with van der Waals surface area (Å²) in [7, 11) is 2.12. The van der Waals surface area contributed by atoms with Crippen molar-refractivity contribution in [1.82, 2.24) is 19.8 Å². The molecule has 0 amide bonds. The van der Waals surface area contributed by atoms with Crippen molar-refractivity contribution >= 4 is 54.7 Å². The first-order valence-corrected chi connectivity index (χ1v) is 16.6. The molecule has 4 unspecified atom stereocenters. The van der Waals surface area contributed by atoms with Gasteiger partial charge in [0.1, 0.15) is 40.9 Å². The van der Waals surface area contributed by atoms with E-state index in [0.717, 1.165) is 69.6 Å². The van der Waals surface area contributed by atoms with E-state index in [1.807, 2.05) is 0 Å². The molecule has 2 N–H and O–H groups in total. The van der Waals surface area contributed by atoms with Crippen LogP contribution in [0.3, 0.4) is 0 Å². The number of hydrogen-bond acceptors (Lipinski definition) is 10. The summed E-state index contributed by atoms with van der Waals surface area (Å²) in [6, 6.07) is 5.44. The van der Waals surface area contributed by atoms with Crippen molar-refractivity contribution in [2.24, 2.45) is 0 Å². The molecule has 0 radical (unpaired) electrons. The number of nitrogens with two attached hydrogens (primary N) is 1. The summed E-state index contributed by atoms with van der Waals surface area (Å²) in [6.45, 7) is 4.75. The number of ether oxygens (including phenoxy) is 2. The molecule has 2 fully saturated rings. The first-order valence-electron chi connectivity index (χ1n) is 15.4. The number of halogens is 3. The quantitative estimate of drug-likeness (QED) is 0.294. The number of nitriles is 1. The van der Waals surface area contributed by atoms with Crippen LogP contribution in [0.1, 0.15) is 37.7 Å². The van der Waals surface area contributed by atoms with Crippen LogP contribution in [0.25, 0.3) is 32.1 Å². The number of hydrogen-bond donors (Lipinski definition) is 1. The minimum absolute atomic E-state index is 0.0157. The first-order chi connectivity index (χ1) is 21.8. The van der Waals surface area contributed by atoms with Gasteiger partial charge in [-0.05, 0) is 63.9 Å². The highest BCUT2D eigenvalue weighted by atomic mass is 35.5. The summed E-state index contributed by atoms with van der Waals surface area (Å²) >= 11 is 7.99. The van der Waals surface area contributed by atoms with Crippen molar-refractivity contribution in [2.45, 2.75) is 50.3 Å². The van der Waals surface area contributed by atoms with Gasteiger partial charge in [0.2, 0.25) is 0 Å². The predicted octanol–water partition coefficient (Wildman–Crippen LogP) is 5.81. The molecular weight excluding hydrogens is 620 g/mol. The number of nitrogens with zero attached hydrogens (tertiary/aromatic N) is 6. The lowest BCUT2D eigenvalue weighted by Gasteiger charge is -2.39. The van der Waals surface area contributed by atoms with Crippen LogP contribution in [0.15, 0.2) is 12.1 Å². The molecule has 45 heavy (non-hydrogen) atoms. The van der Waals surface area contributed by atoms with E-state index in [2.05, 4.69) is 27.8 Å². The molecule has 234 valence electrons. The van der Waals surface area contributed by atoms with E-state index in [1.54, 1.807) is 0 Å². The molecule has 4 aliphatic rings. The van der Waals surface area contributed by atoms with Gasteiger partial charge in [0.25, 0.3) is 0 Å². The number of rotatable bonds is 3. The fourth-order valence-electron chi connectivity index (χ4n) is 7.44. The normalized spacial score (nSPS) is 24.8. The number of thiophene rings is 1. The lowest BCUT2D eigenvalue weighted by Crippen LogP contribution is -2.47. The van der Waals surface area contributed by atoms with Gasteiger partial charge in [0.05, 0.1) is 27.2 Å². The van der Waals surface area contributed by atoms with Crippen LogP contribution >= 0.6 is 22.9 Å². The van der Waals surface area contributed by atoms with E-state index in [4.69, 9.17) is 36.8 Å². The van der Waals surface area contributed by atoms with E-state index in [-0.39, 0.29) is 66.2 Å². The molecule has 2 aromatic carbocycles. The fraction of sp³-hybridized carbons (Fsp3) is 0.469. The zero-order valence-electron chi connectivity index (χ0n) is 24.8. The Bertz CT molecular complexity index is 1900. The van der Waals surface area contributed by atoms with Gasteiger partial charge in [-0.15, -0.1) is 11.3 Å². The van der Waals surface area contributed by atoms with Crippen LogP contribution in [-0.2, 0) is 0 Å². The number of nitrogen functional groups attached to an aromatic ring is 1. The molecule has 8 rings (SSSR count). The molecule has 6 heterocycles. The largest absolute Gasteiger partial charge is 0.489 e. The predicted molar refractivity (Wildman–Crippen MR) is 171 cm³/mol. The molecule has 4 aromatic rings. The lowest BCUT2D eigenvalue weighted by atomic mass is 9.95. The molecule has 4 atom stereocenters. The minimum Gasteiger partial charge on any atom is -0.489 e. The third-order valence-corrected chi connectivity index (χ3v) is 11.3. The van der Waals surface area contributed by atoms with Gasteiger partial charge in [-0.3, -0.25) is 0 Å². The van der Waals surface area contributed by atoms with Gasteiger partial charge in [-0.25, -0.2) is 8.78 Å². The van der Waals surface area contributed by atoms with Crippen LogP contribution in [0, 0.1) is 23.0 Å². The van der Waals surface area contributed by atoms with Crippen molar-refractivity contribution in [3.63, 3.8) is 0 Å². The molecule has 0 aliphatic carbocycles. The number of aromatic nitrogens is 2. The van der Waals surface area contributed by atoms with E-state index < -0.39 is 11.6 Å². The van der Waals surface area contributed by atoms with Crippen molar-refractivity contribution in [2.75, 3.05) is 57.0 Å². The Morgan fingerprint density at radius 3 is 2.78 bits per heavy atom. The van der Waals surface area contributed by atoms with E-state index in [9.17, 15) is 9.65 Å². The lowest BCUT2D eigenvalue weighted by molar-refractivity contribution is 0.0611. The smallest absolute Gasteiger partial charge is 0.319 e. The average Bonchev–Trinajstić information content (AvgIpc) is 3.57. The highest BCUT2D eigenvalue weighted by Crippen LogP contribution is 2.51. The molecule has 13 heteroatoms. The SMILES string of the molecule is CN1CCC1CC1CCCN2CCC(C2)N2CCOc3c(Cl)c(-c4ccc(F)c5sc(N)c(C#N)c45)c(F)c4nc(nc2c34)O1. The average molecular weight is 652 g/mol. The first kappa shape index (κ1) is 28.9. The number of likely N-dealkylation sites (tertiary alicyclic amines) is 1. The van der Waals surface area contributed by atoms with Gasteiger partial charge in [-0.2, -0.15) is 15.2 Å². The summed E-state index contributed by atoms with van der Waals surface area (Å²) in [5.41, 5.74) is 6.42. The van der Waals surface area contributed by atoms with E-state index >= 15 is 4.39 Å². The summed E-state index contributed by atoms with van der Waals surface area (Å²) in [4.78, 5) is 16.7.